The van der Waals surface area contributed by atoms with E-state index >= 15 is 0 Å². The van der Waals surface area contributed by atoms with Gasteiger partial charge in [0.2, 0.25) is 0 Å². The van der Waals surface area contributed by atoms with Crippen molar-refractivity contribution in [1.29, 1.82) is 0 Å². The Labute approximate surface area is 134 Å². The minimum absolute atomic E-state index is 0.369. The molecule has 9 heteroatoms. The molecule has 0 bridgehead atoms. The topological polar surface area (TPSA) is 73.1 Å². The number of benzene rings is 1. The molecule has 24 heavy (non-hydrogen) atoms. The molecule has 3 aromatic rings. The fraction of sp³-hybridized carbons (Fsp3) is 0.267. The summed E-state index contributed by atoms with van der Waals surface area (Å²) in [5.74, 6) is 0.521. The van der Waals surface area contributed by atoms with Gasteiger partial charge in [0.1, 0.15) is 17.0 Å². The van der Waals surface area contributed by atoms with Gasteiger partial charge in [0.05, 0.1) is 19.9 Å². The smallest absolute Gasteiger partial charge is 0.416 e. The predicted octanol–water partition coefficient (Wildman–Crippen LogP) is 2.43. The zero-order chi connectivity index (χ0) is 17.3. The van der Waals surface area contributed by atoms with Gasteiger partial charge in [-0.15, -0.1) is 5.10 Å². The Kier molecular flexibility index (Phi) is 4.10. The average molecular weight is 338 g/mol. The average Bonchev–Trinajstić information content (AvgIpc) is 3.01. The summed E-state index contributed by atoms with van der Waals surface area (Å²) in [6.45, 7) is -0.719. The van der Waals surface area contributed by atoms with Crippen molar-refractivity contribution in [1.82, 2.24) is 20.0 Å². The molecular weight excluding hydrogens is 325 g/mol. The first kappa shape index (κ1) is 16.2. The van der Waals surface area contributed by atoms with E-state index in [2.05, 4.69) is 15.3 Å². The van der Waals surface area contributed by atoms with Crippen molar-refractivity contribution in [2.24, 2.45) is 0 Å². The van der Waals surface area contributed by atoms with Crippen LogP contribution < -0.4 is 4.74 Å². The number of methoxy groups -OCH3 is 1. The number of hydrogen-bond acceptors (Lipinski definition) is 5. The molecule has 0 spiro atoms. The number of aliphatic hydroxyl groups excluding tert-OH is 1. The lowest BCUT2D eigenvalue weighted by Crippen LogP contribution is -2.32. The van der Waals surface area contributed by atoms with Crippen LogP contribution in [-0.4, -0.2) is 44.5 Å². The van der Waals surface area contributed by atoms with Crippen molar-refractivity contribution in [3.05, 3.63) is 36.7 Å². The summed E-state index contributed by atoms with van der Waals surface area (Å²) < 4.78 is 43.5. The number of aromatic nitrogens is 4. The van der Waals surface area contributed by atoms with Gasteiger partial charge in [-0.25, -0.2) is 4.68 Å². The molecule has 3 rings (SSSR count). The van der Waals surface area contributed by atoms with Crippen molar-refractivity contribution >= 4 is 10.9 Å². The molecule has 0 aliphatic rings. The van der Waals surface area contributed by atoms with E-state index in [4.69, 9.17) is 9.84 Å². The van der Waals surface area contributed by atoms with Crippen molar-refractivity contribution in [2.75, 3.05) is 7.11 Å². The summed E-state index contributed by atoms with van der Waals surface area (Å²) in [5.41, 5.74) is 1.66. The van der Waals surface area contributed by atoms with Crippen LogP contribution in [0.2, 0.25) is 0 Å². The molecule has 0 saturated carbocycles. The van der Waals surface area contributed by atoms with Gasteiger partial charge in [-0.05, 0) is 18.2 Å². The molecule has 0 aliphatic heterocycles. The van der Waals surface area contributed by atoms with Crippen molar-refractivity contribution < 1.29 is 23.0 Å². The molecular formula is C15H13F3N4O2. The number of hydrogen-bond donors (Lipinski definition) is 1. The van der Waals surface area contributed by atoms with Crippen LogP contribution >= 0.6 is 0 Å². The first-order valence-corrected chi connectivity index (χ1v) is 6.96. The van der Waals surface area contributed by atoms with E-state index in [0.29, 0.717) is 22.5 Å². The quantitative estimate of drug-likeness (QED) is 0.791. The lowest BCUT2D eigenvalue weighted by atomic mass is 10.1. The Bertz CT molecular complexity index is 863. The summed E-state index contributed by atoms with van der Waals surface area (Å²) in [4.78, 5) is 4.23. The number of nitrogens with zero attached hydrogens (tertiary/aromatic N) is 4. The number of fused-ring (bicyclic) bond motifs is 1. The van der Waals surface area contributed by atoms with E-state index in [1.807, 2.05) is 6.07 Å². The molecule has 0 amide bonds. The lowest BCUT2D eigenvalue weighted by molar-refractivity contribution is -0.208. The zero-order valence-electron chi connectivity index (χ0n) is 12.5. The maximum atomic E-state index is 12.4. The molecule has 0 fully saturated rings. The van der Waals surface area contributed by atoms with Gasteiger partial charge in [-0.2, -0.15) is 13.2 Å². The minimum Gasteiger partial charge on any atom is -0.494 e. The lowest BCUT2D eigenvalue weighted by Gasteiger charge is -2.13. The monoisotopic (exact) mass is 338 g/mol. The summed E-state index contributed by atoms with van der Waals surface area (Å²) in [7, 11) is 1.50. The van der Waals surface area contributed by atoms with E-state index < -0.39 is 18.8 Å². The van der Waals surface area contributed by atoms with Gasteiger partial charge in [-0.3, -0.25) is 4.98 Å². The molecule has 2 heterocycles. The third-order valence-corrected chi connectivity index (χ3v) is 3.46. The van der Waals surface area contributed by atoms with Crippen LogP contribution in [0.25, 0.3) is 22.2 Å². The molecule has 126 valence electrons. The van der Waals surface area contributed by atoms with Gasteiger partial charge in [-0.1, -0.05) is 11.3 Å². The van der Waals surface area contributed by atoms with E-state index in [1.165, 1.54) is 13.3 Å². The number of halogens is 3. The highest BCUT2D eigenvalue weighted by Crippen LogP contribution is 2.30. The van der Waals surface area contributed by atoms with Crippen LogP contribution in [0, 0.1) is 0 Å². The largest absolute Gasteiger partial charge is 0.494 e. The van der Waals surface area contributed by atoms with Crippen LogP contribution in [0.15, 0.2) is 36.7 Å². The van der Waals surface area contributed by atoms with Crippen molar-refractivity contribution in [3.63, 3.8) is 0 Å². The standard InChI is InChI=1S/C15H13F3N4O2/c1-24-12-6-10(5-9-3-2-4-19-14(9)12)11-7-22(21-20-11)8-13(23)15(16,17)18/h2-7,13,23H,8H2,1H3. The Morgan fingerprint density at radius 2 is 2.12 bits per heavy atom. The molecule has 2 aromatic heterocycles. The van der Waals surface area contributed by atoms with Gasteiger partial charge < -0.3 is 9.84 Å². The SMILES string of the molecule is COc1cc(-c2cn(CC(O)C(F)(F)F)nn2)cc2cccnc12. The highest BCUT2D eigenvalue weighted by molar-refractivity contribution is 5.89. The fourth-order valence-corrected chi connectivity index (χ4v) is 2.26. The van der Waals surface area contributed by atoms with E-state index in [9.17, 15) is 13.2 Å². The fourth-order valence-electron chi connectivity index (χ4n) is 2.26. The van der Waals surface area contributed by atoms with Gasteiger partial charge in [0.25, 0.3) is 0 Å². The van der Waals surface area contributed by atoms with Gasteiger partial charge in [0.15, 0.2) is 6.10 Å². The Hall–Kier alpha value is -2.68. The van der Waals surface area contributed by atoms with Crippen LogP contribution in [0.1, 0.15) is 0 Å². The summed E-state index contributed by atoms with van der Waals surface area (Å²) in [6.07, 6.45) is -4.22. The molecule has 0 aliphatic carbocycles. The van der Waals surface area contributed by atoms with Crippen LogP contribution in [0.4, 0.5) is 13.2 Å². The molecule has 6 nitrogen and oxygen atoms in total. The second-order valence-corrected chi connectivity index (χ2v) is 5.14. The Morgan fingerprint density at radius 1 is 1.33 bits per heavy atom. The number of aliphatic hydroxyl groups is 1. The summed E-state index contributed by atoms with van der Waals surface area (Å²) in [5, 5.41) is 17.4. The van der Waals surface area contributed by atoms with Crippen LogP contribution in [0.3, 0.4) is 0 Å². The van der Waals surface area contributed by atoms with Crippen molar-refractivity contribution in [2.45, 2.75) is 18.8 Å². The third-order valence-electron chi connectivity index (χ3n) is 3.46. The number of ether oxygens (including phenoxy) is 1. The first-order chi connectivity index (χ1) is 11.4. The highest BCUT2D eigenvalue weighted by Gasteiger charge is 2.38. The maximum Gasteiger partial charge on any atom is 0.416 e. The molecule has 1 unspecified atom stereocenters. The van der Waals surface area contributed by atoms with E-state index in [0.717, 1.165) is 10.1 Å². The number of alkyl halides is 3. The zero-order valence-corrected chi connectivity index (χ0v) is 12.5. The first-order valence-electron chi connectivity index (χ1n) is 6.96. The molecule has 1 atom stereocenters. The van der Waals surface area contributed by atoms with E-state index in [-0.39, 0.29) is 0 Å². The molecule has 0 radical (unpaired) electrons. The van der Waals surface area contributed by atoms with Crippen LogP contribution in [-0.2, 0) is 6.54 Å². The predicted molar refractivity (Wildman–Crippen MR) is 79.4 cm³/mol. The Morgan fingerprint density at radius 3 is 2.83 bits per heavy atom. The number of pyridine rings is 1. The Balaban J connectivity index is 1.94. The van der Waals surface area contributed by atoms with Crippen molar-refractivity contribution in [3.8, 4) is 17.0 Å². The minimum atomic E-state index is -4.70. The second kappa shape index (κ2) is 6.08. The maximum absolute atomic E-state index is 12.4. The third kappa shape index (κ3) is 3.16. The van der Waals surface area contributed by atoms with Gasteiger partial charge >= 0.3 is 6.18 Å². The molecule has 0 saturated heterocycles. The second-order valence-electron chi connectivity index (χ2n) is 5.14. The number of rotatable bonds is 4. The molecule has 1 N–H and O–H groups in total. The highest BCUT2D eigenvalue weighted by atomic mass is 19.4. The van der Waals surface area contributed by atoms with Gasteiger partial charge in [0, 0.05) is 17.1 Å². The normalized spacial score (nSPS) is 13.2. The van der Waals surface area contributed by atoms with Crippen LogP contribution in [0.5, 0.6) is 5.75 Å². The van der Waals surface area contributed by atoms with E-state index in [1.54, 1.807) is 24.4 Å². The summed E-state index contributed by atoms with van der Waals surface area (Å²) in [6, 6.07) is 7.08. The summed E-state index contributed by atoms with van der Waals surface area (Å²) >= 11 is 0. The molecule has 1 aromatic carbocycles.